The number of amides is 1. The minimum Gasteiger partial charge on any atom is -0.493 e. The molecule has 2 fully saturated rings. The van der Waals surface area contributed by atoms with Gasteiger partial charge in [-0.2, -0.15) is 0 Å². The van der Waals surface area contributed by atoms with Crippen LogP contribution in [0.2, 0.25) is 0 Å². The lowest BCUT2D eigenvalue weighted by Gasteiger charge is -2.22. The van der Waals surface area contributed by atoms with Gasteiger partial charge in [0.05, 0.1) is 13.7 Å². The Labute approximate surface area is 188 Å². The molecule has 2 aliphatic carbocycles. The highest BCUT2D eigenvalue weighted by molar-refractivity contribution is 5.81. The van der Waals surface area contributed by atoms with E-state index in [0.29, 0.717) is 24.8 Å². The molecule has 3 aliphatic rings. The third kappa shape index (κ3) is 3.55. The summed E-state index contributed by atoms with van der Waals surface area (Å²) in [4.78, 5) is 14.3. The Morgan fingerprint density at radius 1 is 1.19 bits per heavy atom. The van der Waals surface area contributed by atoms with E-state index in [9.17, 15) is 15.0 Å². The second-order valence-corrected chi connectivity index (χ2v) is 9.64. The van der Waals surface area contributed by atoms with Crippen molar-refractivity contribution in [2.45, 2.75) is 44.3 Å². The molecule has 6 heteroatoms. The fourth-order valence-electron chi connectivity index (χ4n) is 5.83. The van der Waals surface area contributed by atoms with Gasteiger partial charge in [0.2, 0.25) is 0 Å². The monoisotopic (exact) mass is 437 g/mol. The van der Waals surface area contributed by atoms with E-state index in [0.717, 1.165) is 30.6 Å². The van der Waals surface area contributed by atoms with Gasteiger partial charge in [0.1, 0.15) is 6.10 Å². The first kappa shape index (κ1) is 21.3. The van der Waals surface area contributed by atoms with Gasteiger partial charge in [-0.1, -0.05) is 37.3 Å². The van der Waals surface area contributed by atoms with Crippen LogP contribution >= 0.6 is 0 Å². The Bertz CT molecular complexity index is 998. The van der Waals surface area contributed by atoms with E-state index in [4.69, 9.17) is 9.47 Å². The SMILES string of the molecule is COc1ccc([C@@H]2CN(C(=O)[C@H](O)CO)C[C@]23C[C@@H]3C)cc1OC1Cc2ccccc2C1. The summed E-state index contributed by atoms with van der Waals surface area (Å²) in [6.07, 6.45) is 1.55. The highest BCUT2D eigenvalue weighted by Gasteiger charge is 2.62. The summed E-state index contributed by atoms with van der Waals surface area (Å²) in [5.41, 5.74) is 3.84. The fourth-order valence-corrected chi connectivity index (χ4v) is 5.83. The van der Waals surface area contributed by atoms with Crippen molar-refractivity contribution in [2.24, 2.45) is 11.3 Å². The van der Waals surface area contributed by atoms with Crippen LogP contribution in [0.15, 0.2) is 42.5 Å². The van der Waals surface area contributed by atoms with Crippen LogP contribution in [0.3, 0.4) is 0 Å². The minimum absolute atomic E-state index is 0.0281. The normalized spacial score (nSPS) is 27.4. The van der Waals surface area contributed by atoms with Crippen molar-refractivity contribution in [1.82, 2.24) is 4.90 Å². The Balaban J connectivity index is 1.39. The molecule has 0 aromatic heterocycles. The Morgan fingerprint density at radius 3 is 2.47 bits per heavy atom. The molecule has 2 aromatic carbocycles. The van der Waals surface area contributed by atoms with Crippen LogP contribution in [0.5, 0.6) is 11.5 Å². The molecule has 0 bridgehead atoms. The molecule has 2 N–H and O–H groups in total. The maximum atomic E-state index is 12.6. The molecule has 1 saturated carbocycles. The lowest BCUT2D eigenvalue weighted by atomic mass is 9.84. The van der Waals surface area contributed by atoms with Gasteiger partial charge in [-0.3, -0.25) is 4.79 Å². The number of hydrogen-bond donors (Lipinski definition) is 2. The molecule has 5 rings (SSSR count). The number of aliphatic hydroxyl groups is 2. The Morgan fingerprint density at radius 2 is 1.88 bits per heavy atom. The number of hydrogen-bond acceptors (Lipinski definition) is 5. The second kappa shape index (κ2) is 8.09. The van der Waals surface area contributed by atoms with Crippen LogP contribution in [-0.2, 0) is 17.6 Å². The molecule has 170 valence electrons. The molecule has 1 amide bonds. The van der Waals surface area contributed by atoms with Crippen LogP contribution in [0, 0.1) is 11.3 Å². The summed E-state index contributed by atoms with van der Waals surface area (Å²) < 4.78 is 12.0. The zero-order valence-electron chi connectivity index (χ0n) is 18.7. The smallest absolute Gasteiger partial charge is 0.253 e. The van der Waals surface area contributed by atoms with Crippen molar-refractivity contribution in [3.8, 4) is 11.5 Å². The van der Waals surface area contributed by atoms with Crippen molar-refractivity contribution in [3.05, 3.63) is 59.2 Å². The summed E-state index contributed by atoms with van der Waals surface area (Å²) >= 11 is 0. The number of methoxy groups -OCH3 is 1. The zero-order valence-corrected chi connectivity index (χ0v) is 18.7. The number of nitrogens with zero attached hydrogens (tertiary/aromatic N) is 1. The fraction of sp³-hybridized carbons (Fsp3) is 0.500. The first-order chi connectivity index (χ1) is 15.4. The highest BCUT2D eigenvalue weighted by Crippen LogP contribution is 2.64. The maximum absolute atomic E-state index is 12.6. The van der Waals surface area contributed by atoms with E-state index in [2.05, 4.69) is 43.3 Å². The maximum Gasteiger partial charge on any atom is 0.253 e. The third-order valence-corrected chi connectivity index (χ3v) is 7.76. The van der Waals surface area contributed by atoms with Gasteiger partial charge in [0.25, 0.3) is 5.91 Å². The summed E-state index contributed by atoms with van der Waals surface area (Å²) in [5.74, 6) is 1.74. The standard InChI is InChI=1S/C26H31NO5/c1-16-12-26(16)15-27(25(30)22(29)14-28)13-21(26)19-7-8-23(31-2)24(11-19)32-20-9-17-5-3-4-6-18(17)10-20/h3-8,11,16,20-22,28-29H,9-10,12-15H2,1-2H3/t16-,21-,22+,26-/m0/s1. The number of benzene rings is 2. The molecule has 32 heavy (non-hydrogen) atoms. The topological polar surface area (TPSA) is 79.2 Å². The quantitative estimate of drug-likeness (QED) is 0.726. The first-order valence-electron chi connectivity index (χ1n) is 11.4. The summed E-state index contributed by atoms with van der Waals surface area (Å²) in [5, 5.41) is 19.1. The van der Waals surface area contributed by atoms with Gasteiger partial charge >= 0.3 is 0 Å². The van der Waals surface area contributed by atoms with Gasteiger partial charge in [0, 0.05) is 31.8 Å². The minimum atomic E-state index is -1.35. The average Bonchev–Trinajstić information content (AvgIpc) is 3.14. The van der Waals surface area contributed by atoms with E-state index in [1.165, 1.54) is 11.1 Å². The predicted molar refractivity (Wildman–Crippen MR) is 120 cm³/mol. The van der Waals surface area contributed by atoms with E-state index < -0.39 is 12.7 Å². The van der Waals surface area contributed by atoms with Gasteiger partial charge in [-0.25, -0.2) is 0 Å². The van der Waals surface area contributed by atoms with Crippen molar-refractivity contribution in [3.63, 3.8) is 0 Å². The van der Waals surface area contributed by atoms with E-state index in [1.807, 2.05) is 6.07 Å². The Hall–Kier alpha value is -2.57. The zero-order chi connectivity index (χ0) is 22.5. The molecule has 4 atom stereocenters. The molecular weight excluding hydrogens is 406 g/mol. The number of rotatable bonds is 6. The van der Waals surface area contributed by atoms with E-state index >= 15 is 0 Å². The van der Waals surface area contributed by atoms with Crippen molar-refractivity contribution in [1.29, 1.82) is 0 Å². The van der Waals surface area contributed by atoms with Gasteiger partial charge in [-0.15, -0.1) is 0 Å². The number of carbonyl (C=O) groups excluding carboxylic acids is 1. The molecule has 0 unspecified atom stereocenters. The number of aliphatic hydroxyl groups excluding tert-OH is 2. The van der Waals surface area contributed by atoms with Gasteiger partial charge < -0.3 is 24.6 Å². The van der Waals surface area contributed by atoms with Crippen LogP contribution in [0.25, 0.3) is 0 Å². The summed E-state index contributed by atoms with van der Waals surface area (Å²) in [6.45, 7) is 2.84. The van der Waals surface area contributed by atoms with Gasteiger partial charge in [-0.05, 0) is 46.6 Å². The summed E-state index contributed by atoms with van der Waals surface area (Å²) in [6, 6.07) is 14.6. The molecule has 1 heterocycles. The molecule has 0 radical (unpaired) electrons. The predicted octanol–water partition coefficient (Wildman–Crippen LogP) is 2.55. The van der Waals surface area contributed by atoms with Crippen LogP contribution in [0.4, 0.5) is 0 Å². The van der Waals surface area contributed by atoms with Gasteiger partial charge in [0.15, 0.2) is 17.6 Å². The van der Waals surface area contributed by atoms with Crippen LogP contribution in [0.1, 0.15) is 36.0 Å². The molecule has 1 aliphatic heterocycles. The lowest BCUT2D eigenvalue weighted by molar-refractivity contribution is -0.141. The highest BCUT2D eigenvalue weighted by atomic mass is 16.5. The van der Waals surface area contributed by atoms with Crippen molar-refractivity contribution < 1.29 is 24.5 Å². The molecule has 1 spiro atoms. The average molecular weight is 438 g/mol. The lowest BCUT2D eigenvalue weighted by Crippen LogP contribution is -2.39. The van der Waals surface area contributed by atoms with Crippen molar-refractivity contribution >= 4 is 5.91 Å². The second-order valence-electron chi connectivity index (χ2n) is 9.64. The molecular formula is C26H31NO5. The van der Waals surface area contributed by atoms with Crippen LogP contribution < -0.4 is 9.47 Å². The number of ether oxygens (including phenoxy) is 2. The molecule has 6 nitrogen and oxygen atoms in total. The first-order valence-corrected chi connectivity index (χ1v) is 11.4. The van der Waals surface area contributed by atoms with Crippen molar-refractivity contribution in [2.75, 3.05) is 26.8 Å². The molecule has 2 aromatic rings. The number of carbonyl (C=O) groups is 1. The summed E-state index contributed by atoms with van der Waals surface area (Å²) in [7, 11) is 1.65. The number of fused-ring (bicyclic) bond motifs is 1. The third-order valence-electron chi connectivity index (χ3n) is 7.76. The largest absolute Gasteiger partial charge is 0.493 e. The Kier molecular flexibility index (Phi) is 5.38. The number of likely N-dealkylation sites (tertiary alicyclic amines) is 1. The molecule has 1 saturated heterocycles. The van der Waals surface area contributed by atoms with Crippen LogP contribution in [-0.4, -0.2) is 60.0 Å². The van der Waals surface area contributed by atoms with E-state index in [1.54, 1.807) is 12.0 Å². The van der Waals surface area contributed by atoms with E-state index in [-0.39, 0.29) is 23.3 Å².